The van der Waals surface area contributed by atoms with Gasteiger partial charge in [0, 0.05) is 12.5 Å². The summed E-state index contributed by atoms with van der Waals surface area (Å²) >= 11 is 7.41. The third-order valence-electron chi connectivity index (χ3n) is 3.45. The lowest BCUT2D eigenvalue weighted by Gasteiger charge is -2.04. The minimum Gasteiger partial charge on any atom is -0.311 e. The molecule has 3 heterocycles. The molecule has 23 heavy (non-hydrogen) atoms. The number of fused-ring (bicyclic) bond motifs is 2. The summed E-state index contributed by atoms with van der Waals surface area (Å²) < 4.78 is 15.2. The molecular weight excluding hydrogens is 352 g/mol. The fourth-order valence-corrected chi connectivity index (χ4v) is 4.28. The van der Waals surface area contributed by atoms with Crippen LogP contribution in [0.4, 0.5) is 0 Å². The van der Waals surface area contributed by atoms with Gasteiger partial charge in [-0.05, 0) is 23.8 Å². The normalized spacial score (nSPS) is 13.0. The monoisotopic (exact) mass is 362 g/mol. The fraction of sp³-hybridized carbons (Fsp3) is 0.133. The van der Waals surface area contributed by atoms with Crippen molar-refractivity contribution in [2.75, 3.05) is 6.26 Å². The topological polar surface area (TPSA) is 60.7 Å². The van der Waals surface area contributed by atoms with Crippen LogP contribution < -0.4 is 0 Å². The number of hydrogen-bond acceptors (Lipinski definition) is 5. The highest BCUT2D eigenvalue weighted by Crippen LogP contribution is 2.26. The van der Waals surface area contributed by atoms with Gasteiger partial charge in [-0.3, -0.25) is 4.21 Å². The van der Waals surface area contributed by atoms with Gasteiger partial charge >= 0.3 is 0 Å². The number of halogens is 1. The minimum absolute atomic E-state index is 0.578. The lowest BCUT2D eigenvalue weighted by atomic mass is 10.2. The van der Waals surface area contributed by atoms with E-state index in [1.807, 2.05) is 16.7 Å². The van der Waals surface area contributed by atoms with Gasteiger partial charge < -0.3 is 4.57 Å². The third kappa shape index (κ3) is 2.75. The molecule has 5 nitrogen and oxygen atoms in total. The van der Waals surface area contributed by atoms with Crippen molar-refractivity contribution >= 4 is 55.1 Å². The van der Waals surface area contributed by atoms with Gasteiger partial charge in [0.25, 0.3) is 0 Å². The molecule has 1 unspecified atom stereocenters. The maximum Gasteiger partial charge on any atom is 0.181 e. The van der Waals surface area contributed by atoms with Crippen molar-refractivity contribution in [3.8, 4) is 0 Å². The Morgan fingerprint density at radius 2 is 2.13 bits per heavy atom. The molecule has 0 bridgehead atoms. The molecule has 8 heteroatoms. The summed E-state index contributed by atoms with van der Waals surface area (Å²) in [5.41, 5.74) is 3.57. The molecule has 0 saturated carbocycles. The quantitative estimate of drug-likeness (QED) is 0.559. The van der Waals surface area contributed by atoms with Crippen LogP contribution in [0, 0.1) is 0 Å². The van der Waals surface area contributed by atoms with E-state index in [9.17, 15) is 4.21 Å². The lowest BCUT2D eigenvalue weighted by molar-refractivity contribution is 0.686. The van der Waals surface area contributed by atoms with E-state index in [2.05, 4.69) is 21.0 Å². The highest BCUT2D eigenvalue weighted by molar-refractivity contribution is 7.86. The summed E-state index contributed by atoms with van der Waals surface area (Å²) in [5.74, 6) is 0. The third-order valence-corrected chi connectivity index (χ3v) is 6.01. The van der Waals surface area contributed by atoms with Crippen LogP contribution in [0.25, 0.3) is 21.4 Å². The van der Waals surface area contributed by atoms with Crippen LogP contribution in [0.15, 0.2) is 41.1 Å². The van der Waals surface area contributed by atoms with Crippen LogP contribution in [0.2, 0.25) is 5.02 Å². The molecule has 0 radical (unpaired) electrons. The second kappa shape index (κ2) is 5.67. The molecule has 0 spiro atoms. The number of thiazole rings is 1. The van der Waals surface area contributed by atoms with Crippen molar-refractivity contribution in [1.29, 1.82) is 0 Å². The van der Waals surface area contributed by atoms with Crippen molar-refractivity contribution in [3.05, 3.63) is 47.4 Å². The first kappa shape index (κ1) is 14.7. The first-order valence-electron chi connectivity index (χ1n) is 6.79. The van der Waals surface area contributed by atoms with Crippen molar-refractivity contribution in [2.24, 2.45) is 0 Å². The van der Waals surface area contributed by atoms with Crippen molar-refractivity contribution in [3.63, 3.8) is 0 Å². The summed E-state index contributed by atoms with van der Waals surface area (Å²) in [5, 5.41) is 0.578. The van der Waals surface area contributed by atoms with E-state index in [1.165, 1.54) is 11.3 Å². The number of nitrogens with zero attached hydrogens (tertiary/aromatic N) is 4. The average molecular weight is 363 g/mol. The van der Waals surface area contributed by atoms with Crippen molar-refractivity contribution in [1.82, 2.24) is 19.5 Å². The molecule has 4 aromatic rings. The van der Waals surface area contributed by atoms with E-state index in [-0.39, 0.29) is 0 Å². The van der Waals surface area contributed by atoms with Gasteiger partial charge in [0.15, 0.2) is 9.99 Å². The van der Waals surface area contributed by atoms with Crippen LogP contribution in [0.1, 0.15) is 5.56 Å². The zero-order chi connectivity index (χ0) is 16.0. The molecule has 4 rings (SSSR count). The second-order valence-corrected chi connectivity index (χ2v) is 8.13. The van der Waals surface area contributed by atoms with E-state index in [0.717, 1.165) is 26.9 Å². The predicted octanol–water partition coefficient (Wildman–Crippen LogP) is 3.48. The van der Waals surface area contributed by atoms with Crippen LogP contribution >= 0.6 is 22.9 Å². The van der Waals surface area contributed by atoms with E-state index in [0.29, 0.717) is 15.9 Å². The summed E-state index contributed by atoms with van der Waals surface area (Å²) in [6.45, 7) is 0.656. The highest BCUT2D eigenvalue weighted by atomic mass is 35.5. The summed E-state index contributed by atoms with van der Waals surface area (Å²) in [6.07, 6.45) is 5.03. The minimum atomic E-state index is -1.05. The molecule has 0 N–H and O–H groups in total. The SMILES string of the molecule is CS(=O)c1nc2ccc(Cn3cnc4cc(Cl)cnc43)cc2s1. The number of aromatic nitrogens is 4. The number of benzene rings is 1. The Balaban J connectivity index is 1.72. The smallest absolute Gasteiger partial charge is 0.181 e. The predicted molar refractivity (Wildman–Crippen MR) is 93.6 cm³/mol. The van der Waals surface area contributed by atoms with Gasteiger partial charge in [0.2, 0.25) is 0 Å². The van der Waals surface area contributed by atoms with Crippen LogP contribution in [-0.4, -0.2) is 30.0 Å². The Bertz CT molecular complexity index is 1060. The van der Waals surface area contributed by atoms with E-state index >= 15 is 0 Å². The van der Waals surface area contributed by atoms with E-state index < -0.39 is 10.8 Å². The number of imidazole rings is 1. The standard InChI is InChI=1S/C15H11ClN4OS2/c1-23(21)15-19-11-3-2-9(4-13(11)22-15)7-20-8-18-12-5-10(16)6-17-14(12)20/h2-6,8H,7H2,1H3. The lowest BCUT2D eigenvalue weighted by Crippen LogP contribution is -1.98. The molecule has 1 atom stereocenters. The Morgan fingerprint density at radius 1 is 1.26 bits per heavy atom. The molecule has 1 aromatic carbocycles. The largest absolute Gasteiger partial charge is 0.311 e. The Labute approximate surface area is 143 Å². The van der Waals surface area contributed by atoms with Crippen molar-refractivity contribution < 1.29 is 4.21 Å². The van der Waals surface area contributed by atoms with Gasteiger partial charge in [-0.15, -0.1) is 11.3 Å². The maximum absolute atomic E-state index is 11.6. The Morgan fingerprint density at radius 3 is 2.96 bits per heavy atom. The van der Waals surface area contributed by atoms with Gasteiger partial charge in [-0.2, -0.15) is 0 Å². The zero-order valence-corrected chi connectivity index (χ0v) is 14.5. The van der Waals surface area contributed by atoms with Gasteiger partial charge in [0.05, 0.1) is 38.9 Å². The van der Waals surface area contributed by atoms with Crippen LogP contribution in [0.3, 0.4) is 0 Å². The average Bonchev–Trinajstić information content (AvgIpc) is 3.11. The maximum atomic E-state index is 11.6. The highest BCUT2D eigenvalue weighted by Gasteiger charge is 2.09. The fourth-order valence-electron chi connectivity index (χ4n) is 2.41. The first-order chi connectivity index (χ1) is 11.1. The Hall–Kier alpha value is -1.83. The summed E-state index contributed by atoms with van der Waals surface area (Å²) in [7, 11) is -1.05. The molecule has 3 aromatic heterocycles. The van der Waals surface area contributed by atoms with Gasteiger partial charge in [-0.1, -0.05) is 17.7 Å². The number of rotatable bonds is 3. The molecule has 0 saturated heterocycles. The molecular formula is C15H11ClN4OS2. The van der Waals surface area contributed by atoms with Gasteiger partial charge in [0.1, 0.15) is 5.52 Å². The summed E-state index contributed by atoms with van der Waals surface area (Å²) in [4.78, 5) is 13.1. The molecule has 0 amide bonds. The molecule has 0 fully saturated rings. The zero-order valence-electron chi connectivity index (χ0n) is 12.1. The number of hydrogen-bond donors (Lipinski definition) is 0. The van der Waals surface area contributed by atoms with Gasteiger partial charge in [-0.25, -0.2) is 15.0 Å². The van der Waals surface area contributed by atoms with Crippen LogP contribution in [0.5, 0.6) is 0 Å². The number of pyridine rings is 1. The second-order valence-electron chi connectivity index (χ2n) is 5.10. The molecule has 0 aliphatic heterocycles. The first-order valence-corrected chi connectivity index (χ1v) is 9.55. The molecule has 116 valence electrons. The Kier molecular flexibility index (Phi) is 3.63. The molecule has 0 aliphatic rings. The molecule has 0 aliphatic carbocycles. The summed E-state index contributed by atoms with van der Waals surface area (Å²) in [6, 6.07) is 7.85. The van der Waals surface area contributed by atoms with E-state index in [1.54, 1.807) is 24.8 Å². The van der Waals surface area contributed by atoms with Crippen molar-refractivity contribution in [2.45, 2.75) is 10.9 Å². The van der Waals surface area contributed by atoms with E-state index in [4.69, 9.17) is 11.6 Å². The van der Waals surface area contributed by atoms with Crippen LogP contribution in [-0.2, 0) is 17.3 Å².